The minimum absolute atomic E-state index is 0.0192. The fourth-order valence-electron chi connectivity index (χ4n) is 3.36. The second-order valence-corrected chi connectivity index (χ2v) is 9.13. The molecule has 9 nitrogen and oxygen atoms in total. The Bertz CT molecular complexity index is 927. The summed E-state index contributed by atoms with van der Waals surface area (Å²) in [5.74, 6) is -1.10. The Labute approximate surface area is 170 Å². The van der Waals surface area contributed by atoms with Gasteiger partial charge in [0, 0.05) is 25.2 Å². The van der Waals surface area contributed by atoms with E-state index in [0.717, 1.165) is 19.3 Å². The summed E-state index contributed by atoms with van der Waals surface area (Å²) in [6.07, 6.45) is 2.94. The topological polar surface area (TPSA) is 125 Å². The molecule has 2 aliphatic rings. The highest BCUT2D eigenvalue weighted by Crippen LogP contribution is 2.23. The van der Waals surface area contributed by atoms with Crippen molar-refractivity contribution in [1.29, 1.82) is 0 Å². The fraction of sp³-hybridized carbons (Fsp3) is 0.526. The molecule has 2 fully saturated rings. The second-order valence-electron chi connectivity index (χ2n) is 7.41. The summed E-state index contributed by atoms with van der Waals surface area (Å²) < 4.78 is 27.4. The van der Waals surface area contributed by atoms with E-state index in [1.165, 1.54) is 24.1 Å². The number of likely N-dealkylation sites (tertiary alicyclic amines) is 1. The lowest BCUT2D eigenvalue weighted by molar-refractivity contribution is -0.137. The number of nitrogens with one attached hydrogen (secondary N) is 3. The van der Waals surface area contributed by atoms with Crippen molar-refractivity contribution in [3.8, 4) is 0 Å². The first-order valence-corrected chi connectivity index (χ1v) is 11.1. The van der Waals surface area contributed by atoms with Crippen LogP contribution >= 0.6 is 0 Å². The first kappa shape index (κ1) is 21.3. The molecule has 10 heteroatoms. The number of amides is 3. The van der Waals surface area contributed by atoms with Crippen LogP contribution in [0.15, 0.2) is 23.1 Å². The molecule has 3 amide bonds. The van der Waals surface area contributed by atoms with E-state index >= 15 is 0 Å². The molecule has 3 rings (SSSR count). The molecule has 1 unspecified atom stereocenters. The molecule has 0 radical (unpaired) electrons. The van der Waals surface area contributed by atoms with E-state index in [1.54, 1.807) is 13.0 Å². The molecular formula is C19H26N4O5S. The Morgan fingerprint density at radius 3 is 2.55 bits per heavy atom. The third-order valence-corrected chi connectivity index (χ3v) is 6.70. The molecule has 1 saturated carbocycles. The number of likely N-dealkylation sites (N-methyl/N-ethyl adjacent to an activating group) is 1. The van der Waals surface area contributed by atoms with Gasteiger partial charge in [0.2, 0.25) is 21.8 Å². The van der Waals surface area contributed by atoms with Crippen LogP contribution in [0.3, 0.4) is 0 Å². The highest BCUT2D eigenvalue weighted by molar-refractivity contribution is 7.89. The normalized spacial score (nSPS) is 19.1. The van der Waals surface area contributed by atoms with Crippen LogP contribution in [0.4, 0.5) is 0 Å². The molecule has 1 aromatic carbocycles. The first-order chi connectivity index (χ1) is 13.7. The standard InChI is InChI=1S/C19H26N4O5S/c1-12-5-8-14(29(27,28)22-13-6-7-13)10-15(12)18(25)21-11-17(24)23-9-3-4-16(23)19(26)20-2/h5,8,10,13,16,22H,3-4,6-7,9,11H2,1-2H3,(H,20,26)(H,21,25). The number of carbonyl (C=O) groups is 3. The molecule has 29 heavy (non-hydrogen) atoms. The maximum Gasteiger partial charge on any atom is 0.252 e. The quantitative estimate of drug-likeness (QED) is 0.566. The zero-order chi connectivity index (χ0) is 21.2. The molecular weight excluding hydrogens is 396 g/mol. The molecule has 0 aromatic heterocycles. The van der Waals surface area contributed by atoms with Gasteiger partial charge in [0.1, 0.15) is 6.04 Å². The lowest BCUT2D eigenvalue weighted by atomic mass is 10.1. The number of benzene rings is 1. The molecule has 1 heterocycles. The third kappa shape index (κ3) is 4.94. The van der Waals surface area contributed by atoms with Gasteiger partial charge in [0.15, 0.2) is 0 Å². The van der Waals surface area contributed by atoms with Crippen LogP contribution in [-0.2, 0) is 19.6 Å². The van der Waals surface area contributed by atoms with E-state index in [-0.39, 0.29) is 34.9 Å². The molecule has 0 bridgehead atoms. The SMILES string of the molecule is CNC(=O)C1CCCN1C(=O)CNC(=O)c1cc(S(=O)(=O)NC2CC2)ccc1C. The monoisotopic (exact) mass is 422 g/mol. The van der Waals surface area contributed by atoms with Gasteiger partial charge in [-0.05, 0) is 50.3 Å². The van der Waals surface area contributed by atoms with Crippen LogP contribution in [0.5, 0.6) is 0 Å². The van der Waals surface area contributed by atoms with Crippen molar-refractivity contribution in [3.63, 3.8) is 0 Å². The van der Waals surface area contributed by atoms with Crippen molar-refractivity contribution in [3.05, 3.63) is 29.3 Å². The molecule has 1 aliphatic carbocycles. The van der Waals surface area contributed by atoms with Gasteiger partial charge in [-0.2, -0.15) is 0 Å². The average molecular weight is 423 g/mol. The van der Waals surface area contributed by atoms with E-state index in [0.29, 0.717) is 18.5 Å². The minimum Gasteiger partial charge on any atom is -0.357 e. The van der Waals surface area contributed by atoms with E-state index in [9.17, 15) is 22.8 Å². The molecule has 1 aromatic rings. The summed E-state index contributed by atoms with van der Waals surface area (Å²) in [6, 6.07) is 3.79. The molecule has 1 saturated heterocycles. The van der Waals surface area contributed by atoms with Crippen LogP contribution in [-0.4, -0.2) is 63.3 Å². The van der Waals surface area contributed by atoms with Gasteiger partial charge in [-0.15, -0.1) is 0 Å². The Kier molecular flexibility index (Phi) is 6.23. The fourth-order valence-corrected chi connectivity index (χ4v) is 4.69. The van der Waals surface area contributed by atoms with Gasteiger partial charge >= 0.3 is 0 Å². The smallest absolute Gasteiger partial charge is 0.252 e. The zero-order valence-electron chi connectivity index (χ0n) is 16.5. The van der Waals surface area contributed by atoms with Gasteiger partial charge in [-0.1, -0.05) is 6.07 Å². The van der Waals surface area contributed by atoms with Crippen LogP contribution in [0.1, 0.15) is 41.6 Å². The summed E-state index contributed by atoms with van der Waals surface area (Å²) in [6.45, 7) is 1.90. The van der Waals surface area contributed by atoms with Crippen LogP contribution < -0.4 is 15.4 Å². The van der Waals surface area contributed by atoms with Crippen LogP contribution in [0.25, 0.3) is 0 Å². The summed E-state index contributed by atoms with van der Waals surface area (Å²) in [5, 5.41) is 5.09. The highest BCUT2D eigenvalue weighted by atomic mass is 32.2. The average Bonchev–Trinajstić information content (AvgIpc) is 3.35. The van der Waals surface area contributed by atoms with E-state index in [1.807, 2.05) is 0 Å². The Morgan fingerprint density at radius 1 is 1.17 bits per heavy atom. The van der Waals surface area contributed by atoms with Crippen molar-refractivity contribution < 1.29 is 22.8 Å². The zero-order valence-corrected chi connectivity index (χ0v) is 17.3. The molecule has 1 aliphatic heterocycles. The van der Waals surface area contributed by atoms with Crippen molar-refractivity contribution in [1.82, 2.24) is 20.3 Å². The summed E-state index contributed by atoms with van der Waals surface area (Å²) in [7, 11) is -2.16. The maximum atomic E-state index is 12.6. The number of hydrogen-bond donors (Lipinski definition) is 3. The third-order valence-electron chi connectivity index (χ3n) is 5.19. The van der Waals surface area contributed by atoms with Gasteiger partial charge in [-0.25, -0.2) is 13.1 Å². The van der Waals surface area contributed by atoms with Gasteiger partial charge in [0.25, 0.3) is 5.91 Å². The Hall–Kier alpha value is -2.46. The number of aryl methyl sites for hydroxylation is 1. The second kappa shape index (κ2) is 8.50. The molecule has 1 atom stereocenters. The van der Waals surface area contributed by atoms with E-state index in [2.05, 4.69) is 15.4 Å². The van der Waals surface area contributed by atoms with Gasteiger partial charge in [0.05, 0.1) is 11.4 Å². The predicted molar refractivity (Wildman–Crippen MR) is 106 cm³/mol. The predicted octanol–water partition coefficient (Wildman–Crippen LogP) is -0.0975. The number of carbonyl (C=O) groups excluding carboxylic acids is 3. The molecule has 158 valence electrons. The van der Waals surface area contributed by atoms with E-state index in [4.69, 9.17) is 0 Å². The summed E-state index contributed by atoms with van der Waals surface area (Å²) in [4.78, 5) is 38.4. The van der Waals surface area contributed by atoms with Gasteiger partial charge < -0.3 is 15.5 Å². The minimum atomic E-state index is -3.68. The largest absolute Gasteiger partial charge is 0.357 e. The molecule has 0 spiro atoms. The van der Waals surface area contributed by atoms with Crippen LogP contribution in [0.2, 0.25) is 0 Å². The number of hydrogen-bond acceptors (Lipinski definition) is 5. The van der Waals surface area contributed by atoms with Crippen molar-refractivity contribution in [2.45, 2.75) is 49.6 Å². The number of sulfonamides is 1. The maximum absolute atomic E-state index is 12.6. The van der Waals surface area contributed by atoms with E-state index < -0.39 is 22.0 Å². The molecule has 3 N–H and O–H groups in total. The summed E-state index contributed by atoms with van der Waals surface area (Å²) in [5.41, 5.74) is 0.797. The van der Waals surface area contributed by atoms with Crippen molar-refractivity contribution in [2.24, 2.45) is 0 Å². The highest BCUT2D eigenvalue weighted by Gasteiger charge is 2.33. The number of rotatable bonds is 7. The number of nitrogens with zero attached hydrogens (tertiary/aromatic N) is 1. The van der Waals surface area contributed by atoms with Crippen molar-refractivity contribution >= 4 is 27.7 Å². The summed E-state index contributed by atoms with van der Waals surface area (Å²) >= 11 is 0. The Balaban J connectivity index is 1.66. The van der Waals surface area contributed by atoms with Crippen LogP contribution in [0, 0.1) is 6.92 Å². The van der Waals surface area contributed by atoms with Gasteiger partial charge in [-0.3, -0.25) is 14.4 Å². The Morgan fingerprint density at radius 2 is 1.90 bits per heavy atom. The lowest BCUT2D eigenvalue weighted by Gasteiger charge is -2.23. The first-order valence-electron chi connectivity index (χ1n) is 9.65. The van der Waals surface area contributed by atoms with Crippen molar-refractivity contribution in [2.75, 3.05) is 20.1 Å². The lowest BCUT2D eigenvalue weighted by Crippen LogP contribution is -2.48.